The van der Waals surface area contributed by atoms with Crippen molar-refractivity contribution in [3.8, 4) is 11.5 Å². The van der Waals surface area contributed by atoms with Crippen LogP contribution >= 0.6 is 0 Å². The van der Waals surface area contributed by atoms with Gasteiger partial charge < -0.3 is 19.7 Å². The van der Waals surface area contributed by atoms with E-state index in [0.717, 1.165) is 19.5 Å². The zero-order valence-corrected chi connectivity index (χ0v) is 17.6. The second-order valence-electron chi connectivity index (χ2n) is 7.25. The fourth-order valence-corrected chi connectivity index (χ4v) is 3.64. The summed E-state index contributed by atoms with van der Waals surface area (Å²) in [5.74, 6) is 1.17. The van der Waals surface area contributed by atoms with Crippen LogP contribution < -0.4 is 19.7 Å². The van der Waals surface area contributed by atoms with Gasteiger partial charge >= 0.3 is 0 Å². The molecule has 0 aliphatic carbocycles. The third-order valence-electron chi connectivity index (χ3n) is 5.16. The number of hydrogen-bond donors (Lipinski definition) is 1. The number of anilines is 1. The number of rotatable bonds is 9. The molecule has 1 aliphatic rings. The SMILES string of the molecule is CCOc1ccc(C(=O)NCCc2ccc(N3CCCCC3)cc2)cc1OCC. The van der Waals surface area contributed by atoms with Crippen LogP contribution in [0.25, 0.3) is 0 Å². The minimum atomic E-state index is -0.0982. The van der Waals surface area contributed by atoms with Gasteiger partial charge in [-0.25, -0.2) is 0 Å². The second kappa shape index (κ2) is 10.7. The number of amides is 1. The monoisotopic (exact) mass is 396 g/mol. The van der Waals surface area contributed by atoms with E-state index in [-0.39, 0.29) is 5.91 Å². The quantitative estimate of drug-likeness (QED) is 0.680. The van der Waals surface area contributed by atoms with Crippen molar-refractivity contribution in [3.63, 3.8) is 0 Å². The summed E-state index contributed by atoms with van der Waals surface area (Å²) in [5, 5.41) is 3.00. The first-order valence-corrected chi connectivity index (χ1v) is 10.7. The van der Waals surface area contributed by atoms with Gasteiger partial charge in [0.05, 0.1) is 13.2 Å². The number of carbonyl (C=O) groups excluding carboxylic acids is 1. The van der Waals surface area contributed by atoms with Crippen LogP contribution in [0.5, 0.6) is 11.5 Å². The molecule has 1 saturated heterocycles. The third-order valence-corrected chi connectivity index (χ3v) is 5.16. The van der Waals surface area contributed by atoms with Crippen LogP contribution in [-0.4, -0.2) is 38.8 Å². The molecular weight excluding hydrogens is 364 g/mol. The minimum Gasteiger partial charge on any atom is -0.490 e. The van der Waals surface area contributed by atoms with Crippen LogP contribution in [0.4, 0.5) is 5.69 Å². The maximum Gasteiger partial charge on any atom is 0.251 e. The summed E-state index contributed by atoms with van der Waals surface area (Å²) >= 11 is 0. The van der Waals surface area contributed by atoms with E-state index in [1.54, 1.807) is 18.2 Å². The summed E-state index contributed by atoms with van der Waals surface area (Å²) < 4.78 is 11.2. The van der Waals surface area contributed by atoms with Gasteiger partial charge in [0, 0.05) is 30.9 Å². The zero-order valence-electron chi connectivity index (χ0n) is 17.6. The topological polar surface area (TPSA) is 50.8 Å². The van der Waals surface area contributed by atoms with E-state index in [1.807, 2.05) is 13.8 Å². The molecule has 1 heterocycles. The molecule has 0 spiro atoms. The Hall–Kier alpha value is -2.69. The second-order valence-corrected chi connectivity index (χ2v) is 7.25. The van der Waals surface area contributed by atoms with E-state index in [9.17, 15) is 4.79 Å². The smallest absolute Gasteiger partial charge is 0.251 e. The summed E-state index contributed by atoms with van der Waals surface area (Å²) in [6, 6.07) is 14.0. The zero-order chi connectivity index (χ0) is 20.5. The van der Waals surface area contributed by atoms with Crippen molar-refractivity contribution in [3.05, 3.63) is 53.6 Å². The molecule has 29 heavy (non-hydrogen) atoms. The molecule has 2 aromatic rings. The van der Waals surface area contributed by atoms with Gasteiger partial charge in [0.25, 0.3) is 5.91 Å². The first kappa shape index (κ1) is 21.0. The van der Waals surface area contributed by atoms with E-state index >= 15 is 0 Å². The van der Waals surface area contributed by atoms with E-state index in [2.05, 4.69) is 34.5 Å². The van der Waals surface area contributed by atoms with Crippen molar-refractivity contribution in [2.45, 2.75) is 39.5 Å². The molecule has 1 fully saturated rings. The minimum absolute atomic E-state index is 0.0982. The molecule has 1 N–H and O–H groups in total. The maximum atomic E-state index is 12.5. The van der Waals surface area contributed by atoms with Gasteiger partial charge in [-0.3, -0.25) is 4.79 Å². The molecule has 0 radical (unpaired) electrons. The molecule has 1 aliphatic heterocycles. The van der Waals surface area contributed by atoms with Crippen LogP contribution in [0.2, 0.25) is 0 Å². The largest absolute Gasteiger partial charge is 0.490 e. The van der Waals surface area contributed by atoms with Gasteiger partial charge in [-0.05, 0) is 75.4 Å². The van der Waals surface area contributed by atoms with Crippen LogP contribution in [0.1, 0.15) is 49.0 Å². The highest BCUT2D eigenvalue weighted by Gasteiger charge is 2.12. The molecule has 2 aromatic carbocycles. The third kappa shape index (κ3) is 5.89. The van der Waals surface area contributed by atoms with E-state index in [4.69, 9.17) is 9.47 Å². The lowest BCUT2D eigenvalue weighted by Crippen LogP contribution is -2.29. The molecule has 0 aromatic heterocycles. The lowest BCUT2D eigenvalue weighted by molar-refractivity contribution is 0.0953. The molecule has 5 heteroatoms. The number of nitrogens with zero attached hydrogens (tertiary/aromatic N) is 1. The van der Waals surface area contributed by atoms with Gasteiger partial charge in [0.1, 0.15) is 0 Å². The Morgan fingerprint density at radius 1 is 0.931 bits per heavy atom. The molecule has 0 atom stereocenters. The Morgan fingerprint density at radius 2 is 1.62 bits per heavy atom. The van der Waals surface area contributed by atoms with Crippen molar-refractivity contribution in [2.24, 2.45) is 0 Å². The molecular formula is C24H32N2O3. The summed E-state index contributed by atoms with van der Waals surface area (Å²) in [7, 11) is 0. The molecule has 0 bridgehead atoms. The number of hydrogen-bond acceptors (Lipinski definition) is 4. The first-order chi connectivity index (χ1) is 14.2. The summed E-state index contributed by atoms with van der Waals surface area (Å²) in [4.78, 5) is 15.0. The summed E-state index contributed by atoms with van der Waals surface area (Å²) in [6.45, 7) is 7.83. The predicted octanol–water partition coefficient (Wildman–Crippen LogP) is 4.45. The predicted molar refractivity (Wildman–Crippen MR) is 117 cm³/mol. The van der Waals surface area contributed by atoms with Crippen molar-refractivity contribution in [1.29, 1.82) is 0 Å². The molecule has 1 amide bonds. The molecule has 156 valence electrons. The van der Waals surface area contributed by atoms with Crippen molar-refractivity contribution < 1.29 is 14.3 Å². The number of nitrogens with one attached hydrogen (secondary N) is 1. The lowest BCUT2D eigenvalue weighted by atomic mass is 10.1. The normalized spacial score (nSPS) is 13.8. The molecule has 3 rings (SSSR count). The lowest BCUT2D eigenvalue weighted by Gasteiger charge is -2.28. The standard InChI is InChI=1S/C24H32N2O3/c1-3-28-22-13-10-20(18-23(22)29-4-2)24(27)25-15-14-19-8-11-21(12-9-19)26-16-6-5-7-17-26/h8-13,18H,3-7,14-17H2,1-2H3,(H,25,27). The van der Waals surface area contributed by atoms with E-state index in [0.29, 0.717) is 36.8 Å². The Kier molecular flexibility index (Phi) is 7.79. The first-order valence-electron chi connectivity index (χ1n) is 10.7. The molecule has 0 saturated carbocycles. The number of benzene rings is 2. The Balaban J connectivity index is 1.52. The molecule has 5 nitrogen and oxygen atoms in total. The Morgan fingerprint density at radius 3 is 2.31 bits per heavy atom. The van der Waals surface area contributed by atoms with Gasteiger partial charge in [0.2, 0.25) is 0 Å². The van der Waals surface area contributed by atoms with Crippen LogP contribution in [0.15, 0.2) is 42.5 Å². The van der Waals surface area contributed by atoms with Crippen LogP contribution in [0, 0.1) is 0 Å². The van der Waals surface area contributed by atoms with Gasteiger partial charge in [-0.2, -0.15) is 0 Å². The number of ether oxygens (including phenoxy) is 2. The van der Waals surface area contributed by atoms with Gasteiger partial charge in [0.15, 0.2) is 11.5 Å². The van der Waals surface area contributed by atoms with Gasteiger partial charge in [-0.15, -0.1) is 0 Å². The van der Waals surface area contributed by atoms with Crippen LogP contribution in [0.3, 0.4) is 0 Å². The average molecular weight is 397 g/mol. The highest BCUT2D eigenvalue weighted by atomic mass is 16.5. The van der Waals surface area contributed by atoms with Crippen molar-refractivity contribution in [1.82, 2.24) is 5.32 Å². The highest BCUT2D eigenvalue weighted by Crippen LogP contribution is 2.28. The Bertz CT molecular complexity index is 783. The fourth-order valence-electron chi connectivity index (χ4n) is 3.64. The fraction of sp³-hybridized carbons (Fsp3) is 0.458. The summed E-state index contributed by atoms with van der Waals surface area (Å²) in [6.07, 6.45) is 4.71. The number of piperidine rings is 1. The van der Waals surface area contributed by atoms with E-state index in [1.165, 1.54) is 30.5 Å². The Labute approximate surface area is 174 Å². The average Bonchev–Trinajstić information content (AvgIpc) is 2.76. The van der Waals surface area contributed by atoms with Crippen LogP contribution in [-0.2, 0) is 6.42 Å². The van der Waals surface area contributed by atoms with Crippen molar-refractivity contribution >= 4 is 11.6 Å². The van der Waals surface area contributed by atoms with Gasteiger partial charge in [-0.1, -0.05) is 12.1 Å². The summed E-state index contributed by atoms with van der Waals surface area (Å²) in [5.41, 5.74) is 3.11. The highest BCUT2D eigenvalue weighted by molar-refractivity contribution is 5.94. The van der Waals surface area contributed by atoms with Crippen molar-refractivity contribution in [2.75, 3.05) is 37.7 Å². The maximum absolute atomic E-state index is 12.5. The number of carbonyl (C=O) groups is 1. The van der Waals surface area contributed by atoms with E-state index < -0.39 is 0 Å². The molecule has 0 unspecified atom stereocenters.